The van der Waals surface area contributed by atoms with Gasteiger partial charge in [0.25, 0.3) is 0 Å². The van der Waals surface area contributed by atoms with Gasteiger partial charge in [-0.2, -0.15) is 5.10 Å². The van der Waals surface area contributed by atoms with Gasteiger partial charge in [0.1, 0.15) is 0 Å². The fourth-order valence-corrected chi connectivity index (χ4v) is 2.67. The van der Waals surface area contributed by atoms with E-state index in [9.17, 15) is 4.79 Å². The summed E-state index contributed by atoms with van der Waals surface area (Å²) in [5.41, 5.74) is 0. The van der Waals surface area contributed by atoms with Gasteiger partial charge < -0.3 is 14.5 Å². The summed E-state index contributed by atoms with van der Waals surface area (Å²) in [5.74, 6) is 1.20. The van der Waals surface area contributed by atoms with Gasteiger partial charge in [-0.05, 0) is 18.6 Å². The lowest BCUT2D eigenvalue weighted by Crippen LogP contribution is -2.44. The van der Waals surface area contributed by atoms with E-state index >= 15 is 0 Å². The smallest absolute Gasteiger partial charge is 0.227 e. The van der Waals surface area contributed by atoms with Crippen LogP contribution < -0.4 is 4.90 Å². The summed E-state index contributed by atoms with van der Waals surface area (Å²) in [5, 5.41) is 7.98. The van der Waals surface area contributed by atoms with Gasteiger partial charge in [0, 0.05) is 32.4 Å². The summed E-state index contributed by atoms with van der Waals surface area (Å²) >= 11 is 0. The molecule has 0 radical (unpaired) electrons. The van der Waals surface area contributed by atoms with Crippen LogP contribution in [0.15, 0.2) is 18.3 Å². The summed E-state index contributed by atoms with van der Waals surface area (Å²) in [4.78, 5) is 16.4. The minimum absolute atomic E-state index is 0.0834. The van der Waals surface area contributed by atoms with Gasteiger partial charge in [0.15, 0.2) is 5.82 Å². The van der Waals surface area contributed by atoms with Gasteiger partial charge in [0.05, 0.1) is 19.1 Å². The number of amides is 1. The zero-order chi connectivity index (χ0) is 13.1. The van der Waals surface area contributed by atoms with Crippen LogP contribution in [0.5, 0.6) is 0 Å². The normalized spacial score (nSPS) is 23.7. The lowest BCUT2D eigenvalue weighted by Gasteiger charge is -2.29. The maximum Gasteiger partial charge on any atom is 0.227 e. The van der Waals surface area contributed by atoms with Crippen molar-refractivity contribution < 1.29 is 9.53 Å². The second-order valence-corrected chi connectivity index (χ2v) is 4.95. The summed E-state index contributed by atoms with van der Waals surface area (Å²) in [6, 6.07) is 3.81. The first-order valence-corrected chi connectivity index (χ1v) is 6.74. The molecule has 0 N–H and O–H groups in total. The van der Waals surface area contributed by atoms with Crippen molar-refractivity contribution in [3.63, 3.8) is 0 Å². The summed E-state index contributed by atoms with van der Waals surface area (Å²) in [6.45, 7) is 4.38. The Bertz CT molecular complexity index is 434. The zero-order valence-corrected chi connectivity index (χ0v) is 10.9. The maximum atomic E-state index is 12.4. The van der Waals surface area contributed by atoms with Crippen molar-refractivity contribution >= 4 is 11.7 Å². The van der Waals surface area contributed by atoms with E-state index in [4.69, 9.17) is 4.74 Å². The lowest BCUT2D eigenvalue weighted by atomic mass is 10.1. The number of ether oxygens (including phenoxy) is 1. The lowest BCUT2D eigenvalue weighted by molar-refractivity contribution is -0.138. The van der Waals surface area contributed by atoms with Crippen molar-refractivity contribution in [2.75, 3.05) is 44.3 Å². The number of anilines is 1. The highest BCUT2D eigenvalue weighted by atomic mass is 16.5. The molecule has 1 atom stereocenters. The molecule has 1 aromatic rings. The van der Waals surface area contributed by atoms with Gasteiger partial charge in [-0.25, -0.2) is 0 Å². The van der Waals surface area contributed by atoms with Crippen molar-refractivity contribution in [3.8, 4) is 0 Å². The number of nitrogens with zero attached hydrogens (tertiary/aromatic N) is 4. The quantitative estimate of drug-likeness (QED) is 0.760. The first kappa shape index (κ1) is 12.3. The third-order valence-electron chi connectivity index (χ3n) is 3.74. The molecule has 0 bridgehead atoms. The fraction of sp³-hybridized carbons (Fsp3) is 0.615. The van der Waals surface area contributed by atoms with Crippen LogP contribution in [0.4, 0.5) is 5.82 Å². The molecule has 2 saturated heterocycles. The average Bonchev–Trinajstić information content (AvgIpc) is 2.98. The number of morpholine rings is 1. The third kappa shape index (κ3) is 2.68. The molecule has 3 heterocycles. The van der Waals surface area contributed by atoms with Crippen LogP contribution in [-0.2, 0) is 9.53 Å². The predicted octanol–water partition coefficient (Wildman–Crippen LogP) is 0.162. The molecule has 2 aliphatic heterocycles. The van der Waals surface area contributed by atoms with E-state index in [0.717, 1.165) is 38.4 Å². The van der Waals surface area contributed by atoms with Crippen molar-refractivity contribution in [1.29, 1.82) is 0 Å². The number of carbonyl (C=O) groups excluding carboxylic acids is 1. The highest BCUT2D eigenvalue weighted by Crippen LogP contribution is 2.23. The van der Waals surface area contributed by atoms with Crippen LogP contribution in [0.25, 0.3) is 0 Å². The van der Waals surface area contributed by atoms with Crippen molar-refractivity contribution in [2.24, 2.45) is 5.92 Å². The van der Waals surface area contributed by atoms with Crippen LogP contribution in [0.2, 0.25) is 0 Å². The van der Waals surface area contributed by atoms with Crippen LogP contribution >= 0.6 is 0 Å². The number of rotatable bonds is 2. The predicted molar refractivity (Wildman–Crippen MR) is 69.8 cm³/mol. The van der Waals surface area contributed by atoms with Crippen LogP contribution in [0.3, 0.4) is 0 Å². The SMILES string of the molecule is O=C([C@H]1CCN(c2cccnn2)C1)N1CCOCC1. The molecule has 3 rings (SSSR count). The molecule has 6 nitrogen and oxygen atoms in total. The Balaban J connectivity index is 1.61. The largest absolute Gasteiger partial charge is 0.378 e. The second-order valence-electron chi connectivity index (χ2n) is 4.95. The molecular formula is C13H18N4O2. The standard InChI is InChI=1S/C13H18N4O2/c18-13(16-6-8-19-9-7-16)11-3-5-17(10-11)12-2-1-4-14-15-12/h1-2,4,11H,3,5-10H2/t11-/m0/s1. The van der Waals surface area contributed by atoms with Crippen molar-refractivity contribution in [1.82, 2.24) is 15.1 Å². The van der Waals surface area contributed by atoms with Crippen LogP contribution in [0, 0.1) is 5.92 Å². The molecule has 102 valence electrons. The summed E-state index contributed by atoms with van der Waals surface area (Å²) in [6.07, 6.45) is 2.56. The van der Waals surface area contributed by atoms with Gasteiger partial charge >= 0.3 is 0 Å². The Morgan fingerprint density at radius 3 is 2.89 bits per heavy atom. The number of hydrogen-bond donors (Lipinski definition) is 0. The molecule has 2 aliphatic rings. The number of hydrogen-bond acceptors (Lipinski definition) is 5. The van der Waals surface area contributed by atoms with E-state index in [-0.39, 0.29) is 11.8 Å². The molecule has 1 amide bonds. The number of carbonyl (C=O) groups is 1. The van der Waals surface area contributed by atoms with E-state index < -0.39 is 0 Å². The molecule has 0 unspecified atom stereocenters. The first-order chi connectivity index (χ1) is 9.34. The average molecular weight is 262 g/mol. The summed E-state index contributed by atoms with van der Waals surface area (Å²) < 4.78 is 5.28. The fourth-order valence-electron chi connectivity index (χ4n) is 2.67. The van der Waals surface area contributed by atoms with Crippen LogP contribution in [0.1, 0.15) is 6.42 Å². The van der Waals surface area contributed by atoms with Gasteiger partial charge in [-0.3, -0.25) is 4.79 Å². The van der Waals surface area contributed by atoms with E-state index in [1.54, 1.807) is 6.20 Å². The Kier molecular flexibility index (Phi) is 3.59. The molecule has 6 heteroatoms. The molecule has 0 aromatic carbocycles. The molecule has 2 fully saturated rings. The molecule has 0 aliphatic carbocycles. The molecule has 0 spiro atoms. The molecule has 1 aromatic heterocycles. The topological polar surface area (TPSA) is 58.6 Å². The Morgan fingerprint density at radius 1 is 1.32 bits per heavy atom. The summed E-state index contributed by atoms with van der Waals surface area (Å²) in [7, 11) is 0. The van der Waals surface area contributed by atoms with Crippen LogP contribution in [-0.4, -0.2) is 60.4 Å². The van der Waals surface area contributed by atoms with Gasteiger partial charge in [0.2, 0.25) is 5.91 Å². The van der Waals surface area contributed by atoms with E-state index in [1.807, 2.05) is 17.0 Å². The minimum atomic E-state index is 0.0834. The van der Waals surface area contributed by atoms with Gasteiger partial charge in [-0.15, -0.1) is 5.10 Å². The third-order valence-corrected chi connectivity index (χ3v) is 3.74. The zero-order valence-electron chi connectivity index (χ0n) is 10.9. The minimum Gasteiger partial charge on any atom is -0.378 e. The van der Waals surface area contributed by atoms with Crippen molar-refractivity contribution in [2.45, 2.75) is 6.42 Å². The maximum absolute atomic E-state index is 12.4. The number of aromatic nitrogens is 2. The molecule has 0 saturated carbocycles. The monoisotopic (exact) mass is 262 g/mol. The van der Waals surface area contributed by atoms with Crippen molar-refractivity contribution in [3.05, 3.63) is 18.3 Å². The molecule has 19 heavy (non-hydrogen) atoms. The van der Waals surface area contributed by atoms with E-state index in [1.165, 1.54) is 0 Å². The van der Waals surface area contributed by atoms with E-state index in [0.29, 0.717) is 13.2 Å². The Labute approximate surface area is 112 Å². The Hall–Kier alpha value is -1.69. The molecular weight excluding hydrogens is 244 g/mol. The second kappa shape index (κ2) is 5.52. The highest BCUT2D eigenvalue weighted by molar-refractivity contribution is 5.80. The van der Waals surface area contributed by atoms with E-state index in [2.05, 4.69) is 15.1 Å². The Morgan fingerprint density at radius 2 is 2.16 bits per heavy atom. The highest BCUT2D eigenvalue weighted by Gasteiger charge is 2.32. The van der Waals surface area contributed by atoms with Gasteiger partial charge in [-0.1, -0.05) is 0 Å². The first-order valence-electron chi connectivity index (χ1n) is 6.74.